The SMILES string of the molecule is CCCCCCC[C@H]1CC[C@H](CCC2CCC(c3ccc(Oc4ccc([N+](=O)[O-])cc4)cc3)(c3ccc(Oc4ccc([N+](=O)[O-])cc4)cc3)CC2)CC1. The fourth-order valence-electron chi connectivity index (χ4n) is 8.75. The van der Waals surface area contributed by atoms with Crippen molar-refractivity contribution in [1.29, 1.82) is 0 Å². The molecule has 0 bridgehead atoms. The van der Waals surface area contributed by atoms with Crippen molar-refractivity contribution < 1.29 is 19.3 Å². The van der Waals surface area contributed by atoms with Gasteiger partial charge < -0.3 is 9.47 Å². The number of non-ortho nitro benzene ring substituents is 2. The fourth-order valence-corrected chi connectivity index (χ4v) is 8.75. The van der Waals surface area contributed by atoms with Gasteiger partial charge in [-0.25, -0.2) is 0 Å². The summed E-state index contributed by atoms with van der Waals surface area (Å²) in [6, 6.07) is 29.0. The number of benzene rings is 4. The third-order valence-electron chi connectivity index (χ3n) is 12.0. The van der Waals surface area contributed by atoms with Crippen molar-refractivity contribution in [3.8, 4) is 23.0 Å². The summed E-state index contributed by atoms with van der Waals surface area (Å²) in [6.45, 7) is 2.29. The molecule has 0 aromatic heterocycles. The second-order valence-electron chi connectivity index (χ2n) is 15.4. The third kappa shape index (κ3) is 10.2. The lowest BCUT2D eigenvalue weighted by molar-refractivity contribution is -0.385. The minimum Gasteiger partial charge on any atom is -0.457 e. The second-order valence-corrected chi connectivity index (χ2v) is 15.4. The summed E-state index contributed by atoms with van der Waals surface area (Å²) in [4.78, 5) is 21.3. The van der Waals surface area contributed by atoms with Crippen LogP contribution in [0.25, 0.3) is 0 Å². The van der Waals surface area contributed by atoms with Gasteiger partial charge in [-0.1, -0.05) is 108 Å². The summed E-state index contributed by atoms with van der Waals surface area (Å²) in [5.41, 5.74) is 2.42. The first kappa shape index (κ1) is 38.0. The van der Waals surface area contributed by atoms with Crippen molar-refractivity contribution in [2.75, 3.05) is 0 Å². The van der Waals surface area contributed by atoms with E-state index in [9.17, 15) is 20.2 Å². The van der Waals surface area contributed by atoms with Gasteiger partial charge in [0.2, 0.25) is 0 Å². The minimum atomic E-state index is -0.414. The van der Waals surface area contributed by atoms with E-state index in [1.807, 2.05) is 24.3 Å². The first-order chi connectivity index (χ1) is 25.8. The molecule has 2 aliphatic carbocycles. The molecular formula is C45H54N2O6. The van der Waals surface area contributed by atoms with Crippen molar-refractivity contribution >= 4 is 11.4 Å². The van der Waals surface area contributed by atoms with Crippen LogP contribution in [0.4, 0.5) is 11.4 Å². The van der Waals surface area contributed by atoms with Crippen LogP contribution in [0.2, 0.25) is 0 Å². The van der Waals surface area contributed by atoms with E-state index < -0.39 is 9.85 Å². The van der Waals surface area contributed by atoms with Crippen LogP contribution in [-0.2, 0) is 5.41 Å². The minimum absolute atomic E-state index is 0.0327. The van der Waals surface area contributed by atoms with E-state index in [0.29, 0.717) is 23.0 Å². The van der Waals surface area contributed by atoms with Gasteiger partial charge in [-0.2, -0.15) is 0 Å². The van der Waals surface area contributed by atoms with Crippen molar-refractivity contribution in [2.24, 2.45) is 17.8 Å². The molecule has 0 radical (unpaired) electrons. The van der Waals surface area contributed by atoms with E-state index >= 15 is 0 Å². The molecule has 2 aliphatic rings. The van der Waals surface area contributed by atoms with E-state index in [-0.39, 0.29) is 16.8 Å². The Morgan fingerprint density at radius 2 is 0.868 bits per heavy atom. The van der Waals surface area contributed by atoms with Gasteiger partial charge in [-0.05, 0) is 103 Å². The van der Waals surface area contributed by atoms with Crippen LogP contribution in [0.15, 0.2) is 97.1 Å². The number of ether oxygens (including phenoxy) is 2. The third-order valence-corrected chi connectivity index (χ3v) is 12.0. The predicted molar refractivity (Wildman–Crippen MR) is 210 cm³/mol. The van der Waals surface area contributed by atoms with Crippen molar-refractivity contribution in [3.05, 3.63) is 128 Å². The number of rotatable bonds is 17. The summed E-state index contributed by atoms with van der Waals surface area (Å²) < 4.78 is 12.1. The van der Waals surface area contributed by atoms with E-state index in [4.69, 9.17) is 9.47 Å². The molecule has 0 atom stereocenters. The largest absolute Gasteiger partial charge is 0.457 e. The van der Waals surface area contributed by atoms with E-state index in [2.05, 4.69) is 31.2 Å². The Kier molecular flexibility index (Phi) is 13.2. The highest BCUT2D eigenvalue weighted by Gasteiger charge is 2.38. The van der Waals surface area contributed by atoms with Crippen LogP contribution in [0.5, 0.6) is 23.0 Å². The van der Waals surface area contributed by atoms with Gasteiger partial charge in [0.05, 0.1) is 9.85 Å². The smallest absolute Gasteiger partial charge is 0.269 e. The Morgan fingerprint density at radius 3 is 1.26 bits per heavy atom. The molecule has 53 heavy (non-hydrogen) atoms. The molecule has 0 amide bonds. The van der Waals surface area contributed by atoms with Crippen LogP contribution >= 0.6 is 0 Å². The maximum Gasteiger partial charge on any atom is 0.269 e. The molecule has 0 N–H and O–H groups in total. The highest BCUT2D eigenvalue weighted by atomic mass is 16.6. The lowest BCUT2D eigenvalue weighted by Gasteiger charge is -2.42. The zero-order valence-corrected chi connectivity index (χ0v) is 31.1. The van der Waals surface area contributed by atoms with E-state index in [1.54, 1.807) is 24.3 Å². The average Bonchev–Trinajstić information content (AvgIpc) is 3.19. The van der Waals surface area contributed by atoms with Crippen molar-refractivity contribution in [1.82, 2.24) is 0 Å². The van der Waals surface area contributed by atoms with Crippen LogP contribution in [0, 0.1) is 38.0 Å². The molecule has 8 nitrogen and oxygen atoms in total. The Labute approximate surface area is 314 Å². The normalized spacial score (nSPS) is 18.7. The molecule has 4 aromatic rings. The molecule has 8 heteroatoms. The number of nitro groups is 2. The lowest BCUT2D eigenvalue weighted by Crippen LogP contribution is -2.33. The standard InChI is InChI=1S/C45H54N2O6/c1-2-3-4-5-6-7-34-8-10-35(11-9-34)12-13-36-30-32-45(33-31-36,37-14-22-41(23-15-37)52-43-26-18-39(19-27-43)46(48)49)38-16-24-42(25-17-38)53-44-28-20-40(21-29-44)47(50)51/h14-29,34-36H,2-13,30-33H2,1H3/t34-,35-. The number of nitrogens with zero attached hydrogens (tertiary/aromatic N) is 2. The Bertz CT molecular complexity index is 1630. The highest BCUT2D eigenvalue weighted by Crippen LogP contribution is 2.49. The van der Waals surface area contributed by atoms with Gasteiger partial charge in [0, 0.05) is 29.7 Å². The van der Waals surface area contributed by atoms with Crippen LogP contribution in [0.1, 0.15) is 121 Å². The second kappa shape index (κ2) is 18.4. The molecular weight excluding hydrogens is 665 g/mol. The molecule has 0 aliphatic heterocycles. The van der Waals surface area contributed by atoms with Gasteiger partial charge >= 0.3 is 0 Å². The fraction of sp³-hybridized carbons (Fsp3) is 0.467. The van der Waals surface area contributed by atoms with Gasteiger partial charge in [-0.3, -0.25) is 20.2 Å². The summed E-state index contributed by atoms with van der Waals surface area (Å²) in [5, 5.41) is 22.1. The summed E-state index contributed by atoms with van der Waals surface area (Å²) in [6.07, 6.45) is 21.3. The molecule has 6 rings (SSSR count). The summed E-state index contributed by atoms with van der Waals surface area (Å²) in [5.74, 6) is 5.07. The molecule has 0 saturated heterocycles. The monoisotopic (exact) mass is 718 g/mol. The summed E-state index contributed by atoms with van der Waals surface area (Å²) >= 11 is 0. The molecule has 4 aromatic carbocycles. The number of hydrogen-bond acceptors (Lipinski definition) is 6. The molecule has 0 spiro atoms. The number of unbranched alkanes of at least 4 members (excludes halogenated alkanes) is 4. The zero-order chi connectivity index (χ0) is 37.0. The average molecular weight is 719 g/mol. The Morgan fingerprint density at radius 1 is 0.509 bits per heavy atom. The molecule has 2 fully saturated rings. The molecule has 0 heterocycles. The maximum atomic E-state index is 11.1. The van der Waals surface area contributed by atoms with Gasteiger partial charge in [0.15, 0.2) is 0 Å². The topological polar surface area (TPSA) is 105 Å². The maximum absolute atomic E-state index is 11.1. The number of nitro benzene ring substituents is 2. The van der Waals surface area contributed by atoms with Crippen molar-refractivity contribution in [3.63, 3.8) is 0 Å². The van der Waals surface area contributed by atoms with E-state index in [0.717, 1.165) is 30.6 Å². The molecule has 2 saturated carbocycles. The number of hydrogen-bond donors (Lipinski definition) is 0. The van der Waals surface area contributed by atoms with Crippen LogP contribution in [-0.4, -0.2) is 9.85 Å². The van der Waals surface area contributed by atoms with Gasteiger partial charge in [0.25, 0.3) is 11.4 Å². The van der Waals surface area contributed by atoms with Gasteiger partial charge in [0.1, 0.15) is 23.0 Å². The van der Waals surface area contributed by atoms with Gasteiger partial charge in [-0.15, -0.1) is 0 Å². The molecule has 280 valence electrons. The Hall–Kier alpha value is -4.72. The van der Waals surface area contributed by atoms with E-state index in [1.165, 1.54) is 125 Å². The quantitative estimate of drug-likeness (QED) is 0.0611. The lowest BCUT2D eigenvalue weighted by atomic mass is 9.62. The first-order valence-electron chi connectivity index (χ1n) is 19.9. The predicted octanol–water partition coefficient (Wildman–Crippen LogP) is 13.5. The Balaban J connectivity index is 1.10. The van der Waals surface area contributed by atoms with Crippen LogP contribution < -0.4 is 9.47 Å². The highest BCUT2D eigenvalue weighted by molar-refractivity contribution is 5.46. The summed E-state index contributed by atoms with van der Waals surface area (Å²) in [7, 11) is 0. The molecule has 0 unspecified atom stereocenters. The van der Waals surface area contributed by atoms with Crippen LogP contribution in [0.3, 0.4) is 0 Å². The zero-order valence-electron chi connectivity index (χ0n) is 31.1. The van der Waals surface area contributed by atoms with Crippen molar-refractivity contribution in [2.45, 2.75) is 115 Å². The first-order valence-corrected chi connectivity index (χ1v) is 19.9.